The average Bonchev–Trinajstić information content (AvgIpc) is 2.38. The number of fused-ring (bicyclic) bond motifs is 1. The fourth-order valence-electron chi connectivity index (χ4n) is 1.64. The second-order valence-electron chi connectivity index (χ2n) is 4.28. The molecule has 1 unspecified atom stereocenters. The van der Waals surface area contributed by atoms with E-state index in [2.05, 4.69) is 11.1 Å². The maximum absolute atomic E-state index is 10.7. The zero-order chi connectivity index (χ0) is 13.0. The zero-order valence-electron chi connectivity index (χ0n) is 10.2. The number of carboxylic acid groups (broad SMARTS) is 1. The highest BCUT2D eigenvalue weighted by molar-refractivity contribution is 7.98. The lowest BCUT2D eigenvalue weighted by molar-refractivity contribution is -0.140. The maximum Gasteiger partial charge on any atom is 0.307 e. The summed E-state index contributed by atoms with van der Waals surface area (Å²) in [4.78, 5) is 15.0. The molecule has 1 N–H and O–H groups in total. The number of aliphatic carboxylic acids is 1. The highest BCUT2D eigenvalue weighted by atomic mass is 32.2. The molecule has 0 aliphatic carbocycles. The molecule has 0 spiro atoms. The van der Waals surface area contributed by atoms with Crippen molar-refractivity contribution >= 4 is 28.6 Å². The monoisotopic (exact) mass is 261 g/mol. The van der Waals surface area contributed by atoms with E-state index >= 15 is 0 Å². The van der Waals surface area contributed by atoms with Gasteiger partial charge in [0.2, 0.25) is 0 Å². The van der Waals surface area contributed by atoms with E-state index in [4.69, 9.17) is 5.11 Å². The van der Waals surface area contributed by atoms with Crippen LogP contribution in [-0.4, -0.2) is 21.8 Å². The van der Waals surface area contributed by atoms with Crippen molar-refractivity contribution in [3.63, 3.8) is 0 Å². The summed E-state index contributed by atoms with van der Waals surface area (Å²) in [5.41, 5.74) is 2.20. The van der Waals surface area contributed by atoms with Crippen LogP contribution < -0.4 is 0 Å². The average molecular weight is 261 g/mol. The lowest BCUT2D eigenvalue weighted by Crippen LogP contribution is -2.11. The van der Waals surface area contributed by atoms with Gasteiger partial charge >= 0.3 is 5.97 Å². The van der Waals surface area contributed by atoms with E-state index in [0.29, 0.717) is 5.75 Å². The number of benzene rings is 1. The number of hydrogen-bond donors (Lipinski definition) is 1. The Bertz CT molecular complexity index is 556. The lowest BCUT2D eigenvalue weighted by atomic mass is 10.1. The summed E-state index contributed by atoms with van der Waals surface area (Å²) in [6, 6.07) is 10.1. The van der Waals surface area contributed by atoms with Gasteiger partial charge in [-0.2, -0.15) is 11.8 Å². The Morgan fingerprint density at radius 1 is 1.44 bits per heavy atom. The molecule has 0 bridgehead atoms. The van der Waals surface area contributed by atoms with Crippen molar-refractivity contribution in [1.82, 2.24) is 4.98 Å². The van der Waals surface area contributed by atoms with Crippen LogP contribution in [0.1, 0.15) is 12.5 Å². The molecular formula is C14H15NO2S. The number of carbonyl (C=O) groups is 1. The number of thioether (sulfide) groups is 1. The summed E-state index contributed by atoms with van der Waals surface area (Å²) in [7, 11) is 0. The number of nitrogens with zero attached hydrogens (tertiary/aromatic N) is 1. The van der Waals surface area contributed by atoms with Gasteiger partial charge in [-0.15, -0.1) is 0 Å². The third kappa shape index (κ3) is 3.23. The minimum absolute atomic E-state index is 0.294. The van der Waals surface area contributed by atoms with Crippen LogP contribution in [0.4, 0.5) is 0 Å². The first kappa shape index (κ1) is 12.9. The number of rotatable bonds is 5. The molecule has 0 saturated heterocycles. The molecule has 0 saturated carbocycles. The summed E-state index contributed by atoms with van der Waals surface area (Å²) in [5.74, 6) is 0.449. The molecule has 2 aromatic rings. The second-order valence-corrected chi connectivity index (χ2v) is 5.32. The highest BCUT2D eigenvalue weighted by Crippen LogP contribution is 2.19. The molecule has 0 aliphatic rings. The quantitative estimate of drug-likeness (QED) is 0.898. The van der Waals surface area contributed by atoms with E-state index in [0.717, 1.165) is 16.7 Å². The van der Waals surface area contributed by atoms with Crippen LogP contribution in [0.15, 0.2) is 36.5 Å². The van der Waals surface area contributed by atoms with Crippen molar-refractivity contribution in [1.29, 1.82) is 0 Å². The number of carboxylic acids is 1. The lowest BCUT2D eigenvalue weighted by Gasteiger charge is -2.06. The predicted molar refractivity (Wildman–Crippen MR) is 74.7 cm³/mol. The van der Waals surface area contributed by atoms with E-state index in [1.165, 1.54) is 5.56 Å². The first-order chi connectivity index (χ1) is 8.66. The van der Waals surface area contributed by atoms with Gasteiger partial charge in [-0.25, -0.2) is 0 Å². The van der Waals surface area contributed by atoms with Gasteiger partial charge in [0.1, 0.15) is 0 Å². The minimum Gasteiger partial charge on any atom is -0.481 e. The Morgan fingerprint density at radius 3 is 3.06 bits per heavy atom. The topological polar surface area (TPSA) is 50.2 Å². The first-order valence-electron chi connectivity index (χ1n) is 5.81. The van der Waals surface area contributed by atoms with Gasteiger partial charge in [-0.1, -0.05) is 19.1 Å². The van der Waals surface area contributed by atoms with Crippen molar-refractivity contribution in [3.8, 4) is 0 Å². The standard InChI is InChI=1S/C14H15NO2S/c1-10(14(16)17)8-18-9-11-4-5-13-12(7-11)3-2-6-15-13/h2-7,10H,8-9H2,1H3,(H,16,17). The van der Waals surface area contributed by atoms with E-state index in [1.807, 2.05) is 24.3 Å². The first-order valence-corrected chi connectivity index (χ1v) is 6.96. The van der Waals surface area contributed by atoms with Crippen molar-refractivity contribution in [2.45, 2.75) is 12.7 Å². The minimum atomic E-state index is -0.731. The molecule has 1 heterocycles. The molecule has 1 atom stereocenters. The third-order valence-electron chi connectivity index (χ3n) is 2.73. The van der Waals surface area contributed by atoms with Crippen molar-refractivity contribution in [3.05, 3.63) is 42.1 Å². The van der Waals surface area contributed by atoms with Crippen LogP contribution in [0.5, 0.6) is 0 Å². The van der Waals surface area contributed by atoms with Crippen LogP contribution in [0.2, 0.25) is 0 Å². The van der Waals surface area contributed by atoms with Crippen molar-refractivity contribution in [2.24, 2.45) is 5.92 Å². The molecule has 0 aliphatic heterocycles. The van der Waals surface area contributed by atoms with E-state index in [-0.39, 0.29) is 5.92 Å². The van der Waals surface area contributed by atoms with E-state index < -0.39 is 5.97 Å². The summed E-state index contributed by atoms with van der Waals surface area (Å²) >= 11 is 1.65. The summed E-state index contributed by atoms with van der Waals surface area (Å²) < 4.78 is 0. The van der Waals surface area contributed by atoms with Crippen molar-refractivity contribution < 1.29 is 9.90 Å². The molecule has 1 aromatic heterocycles. The number of pyridine rings is 1. The Kier molecular flexibility index (Phi) is 4.20. The van der Waals surface area contributed by atoms with Gasteiger partial charge < -0.3 is 5.11 Å². The summed E-state index contributed by atoms with van der Waals surface area (Å²) in [5, 5.41) is 9.93. The van der Waals surface area contributed by atoms with Gasteiger partial charge in [-0.3, -0.25) is 9.78 Å². The highest BCUT2D eigenvalue weighted by Gasteiger charge is 2.10. The zero-order valence-corrected chi connectivity index (χ0v) is 11.0. The number of hydrogen-bond acceptors (Lipinski definition) is 3. The Morgan fingerprint density at radius 2 is 2.28 bits per heavy atom. The molecule has 3 nitrogen and oxygen atoms in total. The van der Waals surface area contributed by atoms with Gasteiger partial charge in [-0.05, 0) is 23.8 Å². The molecular weight excluding hydrogens is 246 g/mol. The number of aromatic nitrogens is 1. The van der Waals surface area contributed by atoms with Gasteiger partial charge in [0.15, 0.2) is 0 Å². The molecule has 4 heteroatoms. The third-order valence-corrected chi connectivity index (χ3v) is 4.00. The molecule has 0 amide bonds. The normalized spacial score (nSPS) is 12.5. The molecule has 94 valence electrons. The molecule has 18 heavy (non-hydrogen) atoms. The van der Waals surface area contributed by atoms with Crippen LogP contribution >= 0.6 is 11.8 Å². The fraction of sp³-hybridized carbons (Fsp3) is 0.286. The van der Waals surface area contributed by atoms with Crippen LogP contribution in [0, 0.1) is 5.92 Å². The van der Waals surface area contributed by atoms with Crippen LogP contribution in [-0.2, 0) is 10.5 Å². The van der Waals surface area contributed by atoms with Crippen LogP contribution in [0.3, 0.4) is 0 Å². The van der Waals surface area contributed by atoms with Gasteiger partial charge in [0, 0.05) is 23.1 Å². The predicted octanol–water partition coefficient (Wildman–Crippen LogP) is 3.19. The molecule has 1 aromatic carbocycles. The Labute approximate surface area is 110 Å². The summed E-state index contributed by atoms with van der Waals surface area (Å²) in [6.45, 7) is 1.74. The van der Waals surface area contributed by atoms with Gasteiger partial charge in [0.25, 0.3) is 0 Å². The fourth-order valence-corrected chi connectivity index (χ4v) is 2.67. The maximum atomic E-state index is 10.7. The van der Waals surface area contributed by atoms with E-state index in [1.54, 1.807) is 24.9 Å². The Hall–Kier alpha value is -1.55. The SMILES string of the molecule is CC(CSCc1ccc2ncccc2c1)C(=O)O. The smallest absolute Gasteiger partial charge is 0.307 e. The van der Waals surface area contributed by atoms with E-state index in [9.17, 15) is 4.79 Å². The molecule has 0 fully saturated rings. The second kappa shape index (κ2) is 5.87. The summed E-state index contributed by atoms with van der Waals surface area (Å²) in [6.07, 6.45) is 1.78. The largest absolute Gasteiger partial charge is 0.481 e. The molecule has 0 radical (unpaired) electrons. The van der Waals surface area contributed by atoms with Gasteiger partial charge in [0.05, 0.1) is 11.4 Å². The molecule has 2 rings (SSSR count). The van der Waals surface area contributed by atoms with Crippen molar-refractivity contribution in [2.75, 3.05) is 5.75 Å². The van der Waals surface area contributed by atoms with Crippen LogP contribution in [0.25, 0.3) is 10.9 Å². The Balaban J connectivity index is 1.98.